The van der Waals surface area contributed by atoms with Gasteiger partial charge in [0.25, 0.3) is 10.2 Å². The van der Waals surface area contributed by atoms with E-state index in [2.05, 4.69) is 21.9 Å². The summed E-state index contributed by atoms with van der Waals surface area (Å²) in [5.74, 6) is -2.15. The van der Waals surface area contributed by atoms with Gasteiger partial charge in [-0.2, -0.15) is 17.0 Å². The van der Waals surface area contributed by atoms with E-state index in [1.165, 1.54) is 13.1 Å². The SMILES string of the molecule is C=CC[C@H]1CN(S(=O)(=O)N(C)CCNC(=O)OC(C)(C)C)C[C@@]1(N=[N+]=[N-])C(=O)O. The molecule has 12 nitrogen and oxygen atoms in total. The molecule has 1 fully saturated rings. The van der Waals surface area contributed by atoms with Crippen LogP contribution in [0.5, 0.6) is 0 Å². The largest absolute Gasteiger partial charge is 0.481 e. The van der Waals surface area contributed by atoms with E-state index < -0.39 is 45.9 Å². The van der Waals surface area contributed by atoms with Gasteiger partial charge in [-0.1, -0.05) is 11.2 Å². The predicted octanol–water partition coefficient (Wildman–Crippen LogP) is 1.33. The number of nitrogens with one attached hydrogen (secondary N) is 1. The first-order chi connectivity index (χ1) is 13.3. The highest BCUT2D eigenvalue weighted by Crippen LogP contribution is 2.36. The van der Waals surface area contributed by atoms with Crippen molar-refractivity contribution in [2.24, 2.45) is 11.0 Å². The van der Waals surface area contributed by atoms with E-state index in [4.69, 9.17) is 10.3 Å². The lowest BCUT2D eigenvalue weighted by Gasteiger charge is -2.25. The van der Waals surface area contributed by atoms with Gasteiger partial charge in [0.05, 0.1) is 0 Å². The minimum atomic E-state index is -4.05. The Bertz CT molecular complexity index is 784. The fourth-order valence-corrected chi connectivity index (χ4v) is 4.37. The molecule has 1 heterocycles. The Morgan fingerprint density at radius 1 is 1.52 bits per heavy atom. The molecule has 1 amide bonds. The Balaban J connectivity index is 2.88. The van der Waals surface area contributed by atoms with Crippen LogP contribution in [0, 0.1) is 5.92 Å². The summed E-state index contributed by atoms with van der Waals surface area (Å²) in [5, 5.41) is 15.5. The number of alkyl carbamates (subject to hydrolysis) is 1. The fourth-order valence-electron chi connectivity index (χ4n) is 2.93. The zero-order chi connectivity index (χ0) is 22.5. The number of azide groups is 1. The Labute approximate surface area is 170 Å². The fraction of sp³-hybridized carbons (Fsp3) is 0.750. The highest BCUT2D eigenvalue weighted by Gasteiger charge is 2.55. The van der Waals surface area contributed by atoms with Gasteiger partial charge in [0.15, 0.2) is 5.54 Å². The average molecular weight is 433 g/mol. The Morgan fingerprint density at radius 3 is 2.62 bits per heavy atom. The summed E-state index contributed by atoms with van der Waals surface area (Å²) in [6, 6.07) is 0. The van der Waals surface area contributed by atoms with Crippen LogP contribution in [-0.2, 0) is 19.7 Å². The van der Waals surface area contributed by atoms with Gasteiger partial charge in [-0.25, -0.2) is 4.79 Å². The van der Waals surface area contributed by atoms with Crippen molar-refractivity contribution in [1.29, 1.82) is 0 Å². The number of hydrogen-bond acceptors (Lipinski definition) is 6. The summed E-state index contributed by atoms with van der Waals surface area (Å²) in [6.45, 7) is 7.97. The van der Waals surface area contributed by atoms with E-state index in [9.17, 15) is 23.1 Å². The molecule has 164 valence electrons. The molecular formula is C16H28N6O6S. The van der Waals surface area contributed by atoms with Gasteiger partial charge >= 0.3 is 12.1 Å². The molecule has 0 aromatic carbocycles. The third-order valence-corrected chi connectivity index (χ3v) is 6.28. The molecule has 1 aliphatic heterocycles. The zero-order valence-corrected chi connectivity index (χ0v) is 17.8. The summed E-state index contributed by atoms with van der Waals surface area (Å²) < 4.78 is 32.7. The highest BCUT2D eigenvalue weighted by molar-refractivity contribution is 7.86. The van der Waals surface area contributed by atoms with Gasteiger partial charge in [-0.15, -0.1) is 6.58 Å². The first-order valence-corrected chi connectivity index (χ1v) is 10.3. The number of likely N-dealkylation sites (N-methyl/N-ethyl adjacent to an activating group) is 1. The standard InChI is InChI=1S/C16H28N6O6S/c1-6-7-12-10-22(11-16(12,13(23)24)19-20-17)29(26,27)21(5)9-8-18-14(25)28-15(2,3)4/h6,12H,1,7-11H2,2-5H3,(H,18,25)(H,23,24)/t12-,16-/m0/s1. The Hall–Kier alpha value is -2.34. The van der Waals surface area contributed by atoms with Crippen LogP contribution in [0.15, 0.2) is 17.8 Å². The van der Waals surface area contributed by atoms with Crippen LogP contribution >= 0.6 is 0 Å². The molecule has 0 radical (unpaired) electrons. The second kappa shape index (κ2) is 9.44. The van der Waals surface area contributed by atoms with Crippen molar-refractivity contribution in [1.82, 2.24) is 13.9 Å². The van der Waals surface area contributed by atoms with E-state index in [-0.39, 0.29) is 26.1 Å². The van der Waals surface area contributed by atoms with Crippen molar-refractivity contribution in [3.8, 4) is 0 Å². The number of nitrogens with zero attached hydrogens (tertiary/aromatic N) is 5. The number of ether oxygens (including phenoxy) is 1. The number of carbonyl (C=O) groups is 2. The number of carboxylic acids is 1. The van der Waals surface area contributed by atoms with Crippen LogP contribution in [0.4, 0.5) is 4.79 Å². The maximum absolute atomic E-state index is 12.9. The number of amides is 1. The van der Waals surface area contributed by atoms with E-state index >= 15 is 0 Å². The van der Waals surface area contributed by atoms with Gasteiger partial charge < -0.3 is 15.2 Å². The van der Waals surface area contributed by atoms with Crippen molar-refractivity contribution in [3.05, 3.63) is 23.1 Å². The summed E-state index contributed by atoms with van der Waals surface area (Å²) in [6.07, 6.45) is 0.949. The molecule has 0 aromatic heterocycles. The summed E-state index contributed by atoms with van der Waals surface area (Å²) >= 11 is 0. The van der Waals surface area contributed by atoms with E-state index in [1.54, 1.807) is 20.8 Å². The van der Waals surface area contributed by atoms with Crippen molar-refractivity contribution in [2.75, 3.05) is 33.2 Å². The van der Waals surface area contributed by atoms with E-state index in [1.807, 2.05) is 0 Å². The molecule has 0 spiro atoms. The molecule has 1 saturated heterocycles. The lowest BCUT2D eigenvalue weighted by molar-refractivity contribution is -0.144. The van der Waals surface area contributed by atoms with Crippen molar-refractivity contribution in [2.45, 2.75) is 38.3 Å². The van der Waals surface area contributed by atoms with Crippen molar-refractivity contribution in [3.63, 3.8) is 0 Å². The number of aliphatic carboxylic acids is 1. The topological polar surface area (TPSA) is 165 Å². The zero-order valence-electron chi connectivity index (χ0n) is 17.0. The van der Waals surface area contributed by atoms with Crippen molar-refractivity contribution >= 4 is 22.3 Å². The first-order valence-electron chi connectivity index (χ1n) is 8.89. The molecule has 0 unspecified atom stereocenters. The van der Waals surface area contributed by atoms with Gasteiger partial charge in [-0.05, 0) is 38.6 Å². The molecule has 13 heteroatoms. The normalized spacial score (nSPS) is 22.7. The first kappa shape index (κ1) is 24.7. The van der Waals surface area contributed by atoms with Crippen LogP contribution in [0.1, 0.15) is 27.2 Å². The number of hydrogen-bond donors (Lipinski definition) is 2. The molecule has 0 aromatic rings. The number of carboxylic acid groups (broad SMARTS) is 1. The molecule has 1 rings (SSSR count). The maximum Gasteiger partial charge on any atom is 0.407 e. The Morgan fingerprint density at radius 2 is 2.14 bits per heavy atom. The second-order valence-electron chi connectivity index (χ2n) is 7.69. The van der Waals surface area contributed by atoms with Crippen molar-refractivity contribution < 1.29 is 27.9 Å². The Kier molecular flexibility index (Phi) is 8.04. The highest BCUT2D eigenvalue weighted by atomic mass is 32.2. The van der Waals surface area contributed by atoms with Gasteiger partial charge in [0.2, 0.25) is 0 Å². The molecule has 2 N–H and O–H groups in total. The van der Waals surface area contributed by atoms with Gasteiger partial charge in [0, 0.05) is 38.1 Å². The van der Waals surface area contributed by atoms with E-state index in [0.29, 0.717) is 0 Å². The average Bonchev–Trinajstić information content (AvgIpc) is 2.94. The smallest absolute Gasteiger partial charge is 0.407 e. The quantitative estimate of drug-likeness (QED) is 0.241. The maximum atomic E-state index is 12.9. The molecule has 29 heavy (non-hydrogen) atoms. The summed E-state index contributed by atoms with van der Waals surface area (Å²) in [7, 11) is -2.74. The third kappa shape index (κ3) is 6.07. The number of allylic oxidation sites excluding steroid dienone is 1. The number of rotatable bonds is 9. The van der Waals surface area contributed by atoms with Crippen LogP contribution in [0.25, 0.3) is 10.4 Å². The lowest BCUT2D eigenvalue weighted by atomic mass is 9.85. The monoisotopic (exact) mass is 432 g/mol. The molecular weight excluding hydrogens is 404 g/mol. The minimum Gasteiger partial charge on any atom is -0.481 e. The molecule has 0 saturated carbocycles. The van der Waals surface area contributed by atoms with E-state index in [0.717, 1.165) is 8.61 Å². The molecule has 0 bridgehead atoms. The number of carbonyl (C=O) groups excluding carboxylic acids is 1. The predicted molar refractivity (Wildman–Crippen MR) is 105 cm³/mol. The van der Waals surface area contributed by atoms with Gasteiger partial charge in [0.1, 0.15) is 5.60 Å². The minimum absolute atomic E-state index is 0.00497. The molecule has 2 atom stereocenters. The molecule has 1 aliphatic rings. The summed E-state index contributed by atoms with van der Waals surface area (Å²) in [5.41, 5.74) is 6.22. The third-order valence-electron chi connectivity index (χ3n) is 4.38. The van der Waals surface area contributed by atoms with Crippen LogP contribution in [0.2, 0.25) is 0 Å². The van der Waals surface area contributed by atoms with Gasteiger partial charge in [-0.3, -0.25) is 4.79 Å². The summed E-state index contributed by atoms with van der Waals surface area (Å²) in [4.78, 5) is 26.1. The lowest BCUT2D eigenvalue weighted by Crippen LogP contribution is -2.47. The van der Waals surface area contributed by atoms with Crippen LogP contribution < -0.4 is 5.32 Å². The second-order valence-corrected chi connectivity index (χ2v) is 9.73. The van der Waals surface area contributed by atoms with Crippen LogP contribution in [0.3, 0.4) is 0 Å². The van der Waals surface area contributed by atoms with Crippen LogP contribution in [-0.4, -0.2) is 78.6 Å². The molecule has 0 aliphatic carbocycles.